The smallest absolute Gasteiger partial charge is 0.315 e. The summed E-state index contributed by atoms with van der Waals surface area (Å²) in [6.45, 7) is 6.09. The molecular formula is C15H19N3O3. The predicted molar refractivity (Wildman–Crippen MR) is 79.1 cm³/mol. The summed E-state index contributed by atoms with van der Waals surface area (Å²) in [5.41, 5.74) is 2.99. The van der Waals surface area contributed by atoms with E-state index >= 15 is 0 Å². The molecule has 0 aliphatic rings. The standard InChI is InChI=1S/C15H19N3O3/c1-9-6-10(2)18-14(19)13(9)8-17-15(20)16-7-12-4-5-21-11(12)3/h4-6H,7-8H2,1-3H3,(H,18,19)(H2,16,17,20). The van der Waals surface area contributed by atoms with E-state index in [4.69, 9.17) is 4.42 Å². The van der Waals surface area contributed by atoms with Gasteiger partial charge in [0.25, 0.3) is 5.56 Å². The van der Waals surface area contributed by atoms with Gasteiger partial charge in [-0.25, -0.2) is 4.79 Å². The predicted octanol–water partition coefficient (Wildman–Crippen LogP) is 1.89. The third kappa shape index (κ3) is 3.75. The summed E-state index contributed by atoms with van der Waals surface area (Å²) < 4.78 is 5.15. The zero-order chi connectivity index (χ0) is 15.4. The first-order chi connectivity index (χ1) is 9.97. The molecule has 112 valence electrons. The summed E-state index contributed by atoms with van der Waals surface area (Å²) in [7, 11) is 0. The Labute approximate surface area is 122 Å². The summed E-state index contributed by atoms with van der Waals surface area (Å²) in [5.74, 6) is 0.779. The fourth-order valence-electron chi connectivity index (χ4n) is 2.10. The van der Waals surface area contributed by atoms with E-state index in [1.54, 1.807) is 6.26 Å². The minimum absolute atomic E-state index is 0.168. The quantitative estimate of drug-likeness (QED) is 0.803. The second-order valence-corrected chi connectivity index (χ2v) is 4.98. The Morgan fingerprint density at radius 3 is 2.57 bits per heavy atom. The fraction of sp³-hybridized carbons (Fsp3) is 0.333. The highest BCUT2D eigenvalue weighted by atomic mass is 16.3. The third-order valence-electron chi connectivity index (χ3n) is 3.33. The topological polar surface area (TPSA) is 87.1 Å². The number of hydrogen-bond acceptors (Lipinski definition) is 3. The van der Waals surface area contributed by atoms with Crippen molar-refractivity contribution in [3.8, 4) is 0 Å². The summed E-state index contributed by atoms with van der Waals surface area (Å²) in [6.07, 6.45) is 1.58. The highest BCUT2D eigenvalue weighted by Crippen LogP contribution is 2.07. The van der Waals surface area contributed by atoms with Gasteiger partial charge in [0, 0.05) is 23.4 Å². The molecule has 0 radical (unpaired) electrons. The summed E-state index contributed by atoms with van der Waals surface area (Å²) >= 11 is 0. The monoisotopic (exact) mass is 289 g/mol. The largest absolute Gasteiger partial charge is 0.469 e. The number of aryl methyl sites for hydroxylation is 3. The Morgan fingerprint density at radius 1 is 1.24 bits per heavy atom. The highest BCUT2D eigenvalue weighted by molar-refractivity contribution is 5.73. The Balaban J connectivity index is 1.90. The molecule has 2 amide bonds. The first-order valence-corrected chi connectivity index (χ1v) is 6.71. The first kappa shape index (κ1) is 14.9. The number of H-pyrrole nitrogens is 1. The van der Waals surface area contributed by atoms with Gasteiger partial charge in [-0.3, -0.25) is 4.79 Å². The van der Waals surface area contributed by atoms with Crippen LogP contribution < -0.4 is 16.2 Å². The van der Waals surface area contributed by atoms with Crippen LogP contribution in [-0.2, 0) is 13.1 Å². The van der Waals surface area contributed by atoms with Gasteiger partial charge >= 0.3 is 6.03 Å². The van der Waals surface area contributed by atoms with Gasteiger partial charge in [0.1, 0.15) is 5.76 Å². The van der Waals surface area contributed by atoms with Crippen molar-refractivity contribution in [2.45, 2.75) is 33.9 Å². The lowest BCUT2D eigenvalue weighted by Gasteiger charge is -2.09. The maximum absolute atomic E-state index is 11.8. The van der Waals surface area contributed by atoms with E-state index in [1.807, 2.05) is 32.9 Å². The van der Waals surface area contributed by atoms with Crippen molar-refractivity contribution in [2.24, 2.45) is 0 Å². The van der Waals surface area contributed by atoms with Gasteiger partial charge in [-0.05, 0) is 38.5 Å². The normalized spacial score (nSPS) is 10.4. The van der Waals surface area contributed by atoms with E-state index in [2.05, 4.69) is 15.6 Å². The number of urea groups is 1. The number of nitrogens with one attached hydrogen (secondary N) is 3. The molecule has 0 saturated heterocycles. The number of furan rings is 1. The van der Waals surface area contributed by atoms with E-state index < -0.39 is 0 Å². The molecule has 2 heterocycles. The van der Waals surface area contributed by atoms with E-state index in [1.165, 1.54) is 0 Å². The summed E-state index contributed by atoms with van der Waals surface area (Å²) in [5, 5.41) is 5.41. The number of carbonyl (C=O) groups is 1. The van der Waals surface area contributed by atoms with Gasteiger partial charge < -0.3 is 20.0 Å². The zero-order valence-corrected chi connectivity index (χ0v) is 12.4. The lowest BCUT2D eigenvalue weighted by atomic mass is 10.1. The average Bonchev–Trinajstić information content (AvgIpc) is 2.80. The second-order valence-electron chi connectivity index (χ2n) is 4.98. The van der Waals surface area contributed by atoms with Crippen molar-refractivity contribution >= 4 is 6.03 Å². The van der Waals surface area contributed by atoms with Crippen LogP contribution in [0.4, 0.5) is 4.79 Å². The lowest BCUT2D eigenvalue weighted by Crippen LogP contribution is -2.36. The van der Waals surface area contributed by atoms with Crippen LogP contribution in [-0.4, -0.2) is 11.0 Å². The van der Waals surface area contributed by atoms with Crippen molar-refractivity contribution in [3.05, 3.63) is 56.9 Å². The molecule has 0 unspecified atom stereocenters. The molecule has 0 atom stereocenters. The molecule has 0 aromatic carbocycles. The summed E-state index contributed by atoms with van der Waals surface area (Å²) in [6, 6.07) is 3.37. The van der Waals surface area contributed by atoms with Gasteiger partial charge in [-0.1, -0.05) is 0 Å². The highest BCUT2D eigenvalue weighted by Gasteiger charge is 2.08. The Hall–Kier alpha value is -2.50. The van der Waals surface area contributed by atoms with E-state index in [9.17, 15) is 9.59 Å². The molecule has 0 aliphatic carbocycles. The molecule has 0 aliphatic heterocycles. The van der Waals surface area contributed by atoms with Crippen molar-refractivity contribution < 1.29 is 9.21 Å². The second kappa shape index (κ2) is 6.30. The number of pyridine rings is 1. The van der Waals surface area contributed by atoms with Crippen LogP contribution in [0.5, 0.6) is 0 Å². The van der Waals surface area contributed by atoms with Gasteiger partial charge in [0.2, 0.25) is 0 Å². The van der Waals surface area contributed by atoms with Gasteiger partial charge in [0.05, 0.1) is 12.8 Å². The summed E-state index contributed by atoms with van der Waals surface area (Å²) in [4.78, 5) is 26.3. The van der Waals surface area contributed by atoms with Gasteiger partial charge in [-0.15, -0.1) is 0 Å². The van der Waals surface area contributed by atoms with E-state index in [-0.39, 0.29) is 18.1 Å². The van der Waals surface area contributed by atoms with Crippen LogP contribution in [0.1, 0.15) is 28.1 Å². The lowest BCUT2D eigenvalue weighted by molar-refractivity contribution is 0.240. The van der Waals surface area contributed by atoms with E-state index in [0.717, 1.165) is 22.6 Å². The molecule has 21 heavy (non-hydrogen) atoms. The molecule has 3 N–H and O–H groups in total. The van der Waals surface area contributed by atoms with Crippen molar-refractivity contribution in [1.29, 1.82) is 0 Å². The SMILES string of the molecule is Cc1cc(C)c(CNC(=O)NCc2ccoc2C)c(=O)[nH]1. The zero-order valence-electron chi connectivity index (χ0n) is 12.4. The van der Waals surface area contributed by atoms with Crippen LogP contribution in [0.2, 0.25) is 0 Å². The van der Waals surface area contributed by atoms with Crippen molar-refractivity contribution in [3.63, 3.8) is 0 Å². The van der Waals surface area contributed by atoms with Crippen LogP contribution in [0, 0.1) is 20.8 Å². The molecular weight excluding hydrogens is 270 g/mol. The number of carbonyl (C=O) groups excluding carboxylic acids is 1. The van der Waals surface area contributed by atoms with Gasteiger partial charge in [-0.2, -0.15) is 0 Å². The van der Waals surface area contributed by atoms with E-state index in [0.29, 0.717) is 12.1 Å². The Kier molecular flexibility index (Phi) is 4.47. The average molecular weight is 289 g/mol. The first-order valence-electron chi connectivity index (χ1n) is 6.71. The van der Waals surface area contributed by atoms with Crippen LogP contribution in [0.25, 0.3) is 0 Å². The Morgan fingerprint density at radius 2 is 1.95 bits per heavy atom. The molecule has 2 aromatic heterocycles. The molecule has 2 rings (SSSR count). The number of hydrogen-bond donors (Lipinski definition) is 3. The number of rotatable bonds is 4. The molecule has 0 spiro atoms. The third-order valence-corrected chi connectivity index (χ3v) is 3.33. The van der Waals surface area contributed by atoms with Crippen LogP contribution >= 0.6 is 0 Å². The number of aromatic amines is 1. The van der Waals surface area contributed by atoms with Crippen molar-refractivity contribution in [2.75, 3.05) is 0 Å². The minimum Gasteiger partial charge on any atom is -0.469 e. The molecule has 0 saturated carbocycles. The maximum atomic E-state index is 11.8. The number of amides is 2. The molecule has 6 nitrogen and oxygen atoms in total. The molecule has 2 aromatic rings. The molecule has 0 bridgehead atoms. The Bertz CT molecular complexity index is 700. The molecule has 0 fully saturated rings. The van der Waals surface area contributed by atoms with Crippen LogP contribution in [0.15, 0.2) is 27.6 Å². The van der Waals surface area contributed by atoms with Crippen LogP contribution in [0.3, 0.4) is 0 Å². The number of aromatic nitrogens is 1. The minimum atomic E-state index is -0.324. The fourth-order valence-corrected chi connectivity index (χ4v) is 2.10. The maximum Gasteiger partial charge on any atom is 0.315 e. The molecule has 6 heteroatoms. The van der Waals surface area contributed by atoms with Crippen molar-refractivity contribution in [1.82, 2.24) is 15.6 Å². The van der Waals surface area contributed by atoms with Gasteiger partial charge in [0.15, 0.2) is 0 Å².